The van der Waals surface area contributed by atoms with Gasteiger partial charge >= 0.3 is 21.3 Å². The number of alkyl halides is 2. The van der Waals surface area contributed by atoms with Crippen molar-refractivity contribution in [1.82, 2.24) is 0 Å². The molecule has 40 heavy (non-hydrogen) atoms. The first-order valence-electron chi connectivity index (χ1n) is 13.2. The van der Waals surface area contributed by atoms with Crippen LogP contribution in [0.4, 0.5) is 8.78 Å². The summed E-state index contributed by atoms with van der Waals surface area (Å²) in [4.78, 5) is 26.7. The SMILES string of the molecule is O=C1C2CC3CC1CC(OC(=O)C(F)(F)S(=O)(=O)OS(c1ccccc1)(c1ccccc1)c1ccccc1)(C3)C2. The standard InChI is InChI=1S/C30H28F2O6S2/c31-30(32,28(34)37-29-18-21-16-22(19-29)27(33)23(17-21)20-29)40(35,36)38-39(24-10-4-1-5-11-24,25-12-6-2-7-13-25)26-14-8-3-9-15-26/h1-15,21-23H,16-20H2. The average Bonchev–Trinajstić information content (AvgIpc) is 2.95. The van der Waals surface area contributed by atoms with Gasteiger partial charge in [-0.05, 0) is 84.7 Å². The van der Waals surface area contributed by atoms with Gasteiger partial charge in [-0.15, -0.1) is 0 Å². The molecule has 7 rings (SSSR count). The first-order chi connectivity index (χ1) is 19.1. The fraction of sp³-hybridized carbons (Fsp3) is 0.333. The number of ether oxygens (including phenoxy) is 1. The molecular formula is C30H28F2O6S2. The first kappa shape index (κ1) is 27.1. The van der Waals surface area contributed by atoms with Crippen LogP contribution in [0.2, 0.25) is 0 Å². The second-order valence-corrected chi connectivity index (χ2v) is 15.3. The van der Waals surface area contributed by atoms with Gasteiger partial charge in [0, 0.05) is 26.5 Å². The summed E-state index contributed by atoms with van der Waals surface area (Å²) in [7, 11) is -9.18. The van der Waals surface area contributed by atoms with Gasteiger partial charge in [0.1, 0.15) is 11.4 Å². The van der Waals surface area contributed by atoms with Crippen molar-refractivity contribution >= 4 is 32.2 Å². The van der Waals surface area contributed by atoms with E-state index in [-0.39, 0.29) is 36.4 Å². The van der Waals surface area contributed by atoms with Crippen molar-refractivity contribution in [2.45, 2.75) is 57.6 Å². The summed E-state index contributed by atoms with van der Waals surface area (Å²) >= 11 is 0. The number of carbonyl (C=O) groups is 2. The maximum absolute atomic E-state index is 15.8. The lowest BCUT2D eigenvalue weighted by atomic mass is 9.53. The summed E-state index contributed by atoms with van der Waals surface area (Å²) in [5.41, 5.74) is -1.26. The Bertz CT molecular complexity index is 1420. The summed E-state index contributed by atoms with van der Waals surface area (Å²) in [5.74, 6) is -2.66. The smallest absolute Gasteiger partial charge is 0.454 e. The molecule has 4 saturated carbocycles. The minimum Gasteiger partial charge on any atom is -0.454 e. The number of halogens is 2. The van der Waals surface area contributed by atoms with Gasteiger partial charge in [0.2, 0.25) is 0 Å². The Morgan fingerprint density at radius 2 is 1.18 bits per heavy atom. The lowest BCUT2D eigenvalue weighted by molar-refractivity contribution is -0.201. The van der Waals surface area contributed by atoms with Crippen LogP contribution in [0.3, 0.4) is 0 Å². The number of hydrogen-bond acceptors (Lipinski definition) is 6. The van der Waals surface area contributed by atoms with Crippen LogP contribution < -0.4 is 0 Å². The Kier molecular flexibility index (Phi) is 6.63. The molecule has 0 saturated heterocycles. The molecule has 0 radical (unpaired) electrons. The van der Waals surface area contributed by atoms with Crippen LogP contribution in [-0.2, 0) is 28.1 Å². The van der Waals surface area contributed by atoms with E-state index < -0.39 is 37.3 Å². The van der Waals surface area contributed by atoms with Crippen LogP contribution in [0.1, 0.15) is 32.1 Å². The minimum atomic E-state index is -5.89. The molecule has 0 spiro atoms. The molecule has 4 aliphatic rings. The van der Waals surface area contributed by atoms with Crippen molar-refractivity contribution < 1.29 is 35.2 Å². The summed E-state index contributed by atoms with van der Waals surface area (Å²) < 4.78 is 69.8. The van der Waals surface area contributed by atoms with Gasteiger partial charge in [0.25, 0.3) is 0 Å². The number of carbonyl (C=O) groups excluding carboxylic acids is 2. The van der Waals surface area contributed by atoms with Gasteiger partial charge in [-0.25, -0.2) is 8.42 Å². The van der Waals surface area contributed by atoms with Crippen molar-refractivity contribution in [3.05, 3.63) is 91.0 Å². The van der Waals surface area contributed by atoms with E-state index in [1.54, 1.807) is 91.0 Å². The third-order valence-corrected chi connectivity index (χ3v) is 13.4. The molecule has 0 aromatic heterocycles. The van der Waals surface area contributed by atoms with Crippen LogP contribution in [0, 0.1) is 17.8 Å². The normalized spacial score (nSPS) is 26.4. The van der Waals surface area contributed by atoms with Crippen LogP contribution in [0.25, 0.3) is 0 Å². The molecule has 2 atom stereocenters. The van der Waals surface area contributed by atoms with Gasteiger partial charge in [-0.2, -0.15) is 17.2 Å². The predicted octanol–water partition coefficient (Wildman–Crippen LogP) is 6.51. The van der Waals surface area contributed by atoms with E-state index in [0.717, 1.165) is 0 Å². The third-order valence-electron chi connectivity index (χ3n) is 8.22. The largest absolute Gasteiger partial charge is 0.466 e. The number of rotatable bonds is 8. The highest BCUT2D eigenvalue weighted by molar-refractivity contribution is 8.33. The molecule has 4 bridgehead atoms. The quantitative estimate of drug-likeness (QED) is 0.280. The highest BCUT2D eigenvalue weighted by Gasteiger charge is 2.63. The zero-order valence-electron chi connectivity index (χ0n) is 21.4. The van der Waals surface area contributed by atoms with Gasteiger partial charge in [-0.1, -0.05) is 54.6 Å². The van der Waals surface area contributed by atoms with E-state index in [1.807, 2.05) is 0 Å². The number of benzene rings is 3. The number of esters is 1. The van der Waals surface area contributed by atoms with E-state index in [2.05, 4.69) is 0 Å². The zero-order valence-corrected chi connectivity index (χ0v) is 23.1. The Morgan fingerprint density at radius 3 is 1.60 bits per heavy atom. The Balaban J connectivity index is 1.39. The maximum atomic E-state index is 15.8. The Morgan fingerprint density at radius 1 is 0.750 bits per heavy atom. The van der Waals surface area contributed by atoms with E-state index in [1.165, 1.54) is 0 Å². The summed E-state index contributed by atoms with van der Waals surface area (Å²) in [6.07, 6.45) is 1.96. The molecular weight excluding hydrogens is 558 g/mol. The van der Waals surface area contributed by atoms with E-state index in [0.29, 0.717) is 33.9 Å². The molecule has 0 amide bonds. The number of hydrogen-bond donors (Lipinski definition) is 0. The molecule has 4 aliphatic carbocycles. The molecule has 0 heterocycles. The average molecular weight is 587 g/mol. The topological polar surface area (TPSA) is 86.7 Å². The minimum absolute atomic E-state index is 0.0901. The highest BCUT2D eigenvalue weighted by atomic mass is 32.3. The van der Waals surface area contributed by atoms with Crippen molar-refractivity contribution in [1.29, 1.82) is 0 Å². The molecule has 210 valence electrons. The second-order valence-electron chi connectivity index (χ2n) is 10.9. The van der Waals surface area contributed by atoms with Crippen molar-refractivity contribution in [3.8, 4) is 0 Å². The van der Waals surface area contributed by atoms with Gasteiger partial charge < -0.3 is 4.74 Å². The Labute approximate surface area is 233 Å². The van der Waals surface area contributed by atoms with Crippen LogP contribution in [-0.4, -0.2) is 31.0 Å². The molecule has 10 heteroatoms. The first-order valence-corrected chi connectivity index (χ1v) is 16.1. The Hall–Kier alpha value is -3.08. The molecule has 2 unspecified atom stereocenters. The van der Waals surface area contributed by atoms with Crippen molar-refractivity contribution in [3.63, 3.8) is 0 Å². The fourth-order valence-electron chi connectivity index (χ4n) is 6.70. The lowest BCUT2D eigenvalue weighted by Gasteiger charge is -2.54. The van der Waals surface area contributed by atoms with Gasteiger partial charge in [-0.3, -0.25) is 4.79 Å². The molecule has 3 aromatic rings. The number of Topliss-reactive ketones (excluding diaryl/α,β-unsaturated/α-hetero) is 1. The third kappa shape index (κ3) is 4.37. The van der Waals surface area contributed by atoms with E-state index in [9.17, 15) is 18.0 Å². The maximum Gasteiger partial charge on any atom is 0.466 e. The van der Waals surface area contributed by atoms with Crippen molar-refractivity contribution in [2.24, 2.45) is 17.8 Å². The van der Waals surface area contributed by atoms with Crippen LogP contribution in [0.5, 0.6) is 0 Å². The molecule has 0 aliphatic heterocycles. The summed E-state index contributed by atoms with van der Waals surface area (Å²) in [6, 6.07) is 24.9. The summed E-state index contributed by atoms with van der Waals surface area (Å²) in [5, 5.41) is -4.99. The predicted molar refractivity (Wildman–Crippen MR) is 144 cm³/mol. The van der Waals surface area contributed by atoms with Gasteiger partial charge in [0.15, 0.2) is 0 Å². The van der Waals surface area contributed by atoms with Crippen molar-refractivity contribution in [2.75, 3.05) is 0 Å². The second kappa shape index (κ2) is 9.78. The lowest BCUT2D eigenvalue weighted by Crippen LogP contribution is -2.58. The van der Waals surface area contributed by atoms with E-state index in [4.69, 9.17) is 8.37 Å². The highest BCUT2D eigenvalue weighted by Crippen LogP contribution is 2.70. The fourth-order valence-corrected chi connectivity index (χ4v) is 11.7. The summed E-state index contributed by atoms with van der Waals surface area (Å²) in [6.45, 7) is 0. The van der Waals surface area contributed by atoms with E-state index >= 15 is 8.78 Å². The number of ketones is 1. The zero-order chi connectivity index (χ0) is 28.2. The molecule has 6 nitrogen and oxygen atoms in total. The van der Waals surface area contributed by atoms with Crippen LogP contribution >= 0.6 is 10.3 Å². The monoisotopic (exact) mass is 586 g/mol. The van der Waals surface area contributed by atoms with Crippen LogP contribution in [0.15, 0.2) is 106 Å². The van der Waals surface area contributed by atoms with Gasteiger partial charge in [0.05, 0.1) is 0 Å². The molecule has 3 aromatic carbocycles. The molecule has 4 fully saturated rings. The molecule has 0 N–H and O–H groups in total.